The maximum Gasteiger partial charge on any atom is 0.257 e. The van der Waals surface area contributed by atoms with Gasteiger partial charge >= 0.3 is 0 Å². The molecule has 2 aromatic carbocycles. The van der Waals surface area contributed by atoms with E-state index in [1.807, 2.05) is 40.7 Å². The van der Waals surface area contributed by atoms with Gasteiger partial charge in [0, 0.05) is 23.7 Å². The van der Waals surface area contributed by atoms with E-state index in [1.54, 1.807) is 17.7 Å². The van der Waals surface area contributed by atoms with Gasteiger partial charge in [0.25, 0.3) is 5.78 Å². The van der Waals surface area contributed by atoms with Gasteiger partial charge in [0.2, 0.25) is 0 Å². The molecule has 0 saturated carbocycles. The average Bonchev–Trinajstić information content (AvgIpc) is 3.42. The van der Waals surface area contributed by atoms with Crippen LogP contribution < -0.4 is 4.90 Å². The van der Waals surface area contributed by atoms with Crippen LogP contribution in [0.5, 0.6) is 0 Å². The molecule has 5 aromatic rings. The Hall–Kier alpha value is -3.03. The molecule has 0 atom stereocenters. The van der Waals surface area contributed by atoms with Crippen LogP contribution in [-0.4, -0.2) is 31.6 Å². The van der Waals surface area contributed by atoms with Crippen molar-refractivity contribution in [1.29, 1.82) is 0 Å². The molecule has 0 fully saturated rings. The highest BCUT2D eigenvalue weighted by Gasteiger charge is 2.18. The maximum atomic E-state index is 6.25. The molecule has 0 N–H and O–H groups in total. The molecule has 31 heavy (non-hydrogen) atoms. The van der Waals surface area contributed by atoms with Crippen LogP contribution in [-0.2, 0) is 5.41 Å². The van der Waals surface area contributed by atoms with Crippen LogP contribution in [0.15, 0.2) is 55.0 Å². The summed E-state index contributed by atoms with van der Waals surface area (Å²) in [5.74, 6) is 1.28. The molecular formula is C23H21ClN6S. The van der Waals surface area contributed by atoms with E-state index in [0.29, 0.717) is 10.8 Å². The van der Waals surface area contributed by atoms with E-state index in [4.69, 9.17) is 16.6 Å². The van der Waals surface area contributed by atoms with Crippen molar-refractivity contribution in [2.24, 2.45) is 0 Å². The van der Waals surface area contributed by atoms with E-state index in [-0.39, 0.29) is 5.41 Å². The van der Waals surface area contributed by atoms with Gasteiger partial charge in [-0.1, -0.05) is 68.0 Å². The summed E-state index contributed by atoms with van der Waals surface area (Å²) in [7, 11) is 1.97. The van der Waals surface area contributed by atoms with Crippen LogP contribution in [0.3, 0.4) is 0 Å². The molecule has 0 unspecified atom stereocenters. The molecule has 0 aliphatic carbocycles. The van der Waals surface area contributed by atoms with E-state index in [0.717, 1.165) is 32.3 Å². The van der Waals surface area contributed by atoms with Crippen LogP contribution in [0.4, 0.5) is 10.9 Å². The second-order valence-corrected chi connectivity index (χ2v) is 9.94. The first-order chi connectivity index (χ1) is 14.8. The molecule has 156 valence electrons. The molecule has 6 nitrogen and oxygen atoms in total. The largest absolute Gasteiger partial charge is 0.305 e. The quantitative estimate of drug-likeness (QED) is 0.332. The average molecular weight is 449 g/mol. The van der Waals surface area contributed by atoms with Gasteiger partial charge in [0.05, 0.1) is 10.4 Å². The highest BCUT2D eigenvalue weighted by Crippen LogP contribution is 2.37. The third kappa shape index (κ3) is 3.54. The lowest BCUT2D eigenvalue weighted by atomic mass is 9.87. The smallest absolute Gasteiger partial charge is 0.257 e. The van der Waals surface area contributed by atoms with Crippen molar-refractivity contribution >= 4 is 50.6 Å². The Kier molecular flexibility index (Phi) is 4.68. The predicted molar refractivity (Wildman–Crippen MR) is 128 cm³/mol. The van der Waals surface area contributed by atoms with E-state index in [9.17, 15) is 0 Å². The number of hydrogen-bond acceptors (Lipinski definition) is 6. The van der Waals surface area contributed by atoms with Crippen molar-refractivity contribution in [2.45, 2.75) is 26.2 Å². The van der Waals surface area contributed by atoms with E-state index >= 15 is 0 Å². The number of aromatic nitrogens is 5. The number of nitrogens with zero attached hydrogens (tertiary/aromatic N) is 6. The summed E-state index contributed by atoms with van der Waals surface area (Å²) in [5.41, 5.74) is 3.50. The standard InChI is InChI=1S/C23H21ClN6S/c1-23(2,3)15-7-5-14(6-8-15)19-12-25-22(31-19)29(4)20-17-10-9-16(24)11-18(17)30-13-26-28-21(30)27-20/h5-13H,1-4H3. The van der Waals surface area contributed by atoms with Gasteiger partial charge in [-0.3, -0.25) is 4.40 Å². The third-order valence-electron chi connectivity index (χ3n) is 5.33. The number of halogens is 1. The fraction of sp³-hybridized carbons (Fsp3) is 0.217. The first kappa shape index (κ1) is 19.9. The molecule has 0 saturated heterocycles. The Labute approximate surface area is 189 Å². The minimum Gasteiger partial charge on any atom is -0.305 e. The fourth-order valence-electron chi connectivity index (χ4n) is 3.56. The normalized spacial score (nSPS) is 12.0. The summed E-state index contributed by atoms with van der Waals surface area (Å²) in [4.78, 5) is 12.5. The number of thiazole rings is 1. The van der Waals surface area contributed by atoms with E-state index in [1.165, 1.54) is 5.56 Å². The second-order valence-electron chi connectivity index (χ2n) is 8.49. The first-order valence-corrected chi connectivity index (χ1v) is 11.1. The number of fused-ring (bicyclic) bond motifs is 3. The zero-order valence-electron chi connectivity index (χ0n) is 17.7. The van der Waals surface area contributed by atoms with Crippen LogP contribution >= 0.6 is 22.9 Å². The fourth-order valence-corrected chi connectivity index (χ4v) is 4.61. The molecule has 0 bridgehead atoms. The Balaban J connectivity index is 1.55. The molecule has 3 heterocycles. The minimum atomic E-state index is 0.133. The number of hydrogen-bond donors (Lipinski definition) is 0. The lowest BCUT2D eigenvalue weighted by Crippen LogP contribution is -2.12. The van der Waals surface area contributed by atoms with Crippen molar-refractivity contribution in [2.75, 3.05) is 11.9 Å². The summed E-state index contributed by atoms with van der Waals surface area (Å²) in [6, 6.07) is 14.4. The zero-order chi connectivity index (χ0) is 21.8. The second kappa shape index (κ2) is 7.28. The molecule has 8 heteroatoms. The van der Waals surface area contributed by atoms with Crippen molar-refractivity contribution in [3.63, 3.8) is 0 Å². The summed E-state index contributed by atoms with van der Waals surface area (Å²) in [6.07, 6.45) is 3.56. The zero-order valence-corrected chi connectivity index (χ0v) is 19.2. The van der Waals surface area contributed by atoms with Gasteiger partial charge in [-0.2, -0.15) is 4.98 Å². The Morgan fingerprint density at radius 1 is 1.06 bits per heavy atom. The summed E-state index contributed by atoms with van der Waals surface area (Å²) < 4.78 is 1.84. The van der Waals surface area contributed by atoms with E-state index in [2.05, 4.69) is 60.2 Å². The van der Waals surface area contributed by atoms with E-state index < -0.39 is 0 Å². The van der Waals surface area contributed by atoms with Crippen molar-refractivity contribution in [3.8, 4) is 10.4 Å². The first-order valence-electron chi connectivity index (χ1n) is 9.91. The Morgan fingerprint density at radius 2 is 1.84 bits per heavy atom. The van der Waals surface area contributed by atoms with Crippen LogP contribution in [0.2, 0.25) is 5.02 Å². The predicted octanol–water partition coefficient (Wildman–Crippen LogP) is 6.12. The Bertz CT molecular complexity index is 1400. The minimum absolute atomic E-state index is 0.133. The highest BCUT2D eigenvalue weighted by atomic mass is 35.5. The van der Waals surface area contributed by atoms with Crippen molar-refractivity contribution in [1.82, 2.24) is 24.6 Å². The summed E-state index contributed by atoms with van der Waals surface area (Å²) in [5, 5.41) is 10.6. The molecule has 0 amide bonds. The maximum absolute atomic E-state index is 6.25. The molecular weight excluding hydrogens is 428 g/mol. The molecule has 0 spiro atoms. The van der Waals surface area contributed by atoms with Gasteiger partial charge in [0.1, 0.15) is 12.1 Å². The number of rotatable bonds is 3. The van der Waals surface area contributed by atoms with Crippen molar-refractivity contribution in [3.05, 3.63) is 65.6 Å². The lowest BCUT2D eigenvalue weighted by molar-refractivity contribution is 0.590. The lowest BCUT2D eigenvalue weighted by Gasteiger charge is -2.19. The number of benzene rings is 2. The Morgan fingerprint density at radius 3 is 2.58 bits per heavy atom. The van der Waals surface area contributed by atoms with Gasteiger partial charge in [-0.05, 0) is 34.7 Å². The van der Waals surface area contributed by atoms with Crippen LogP contribution in [0.25, 0.3) is 27.1 Å². The highest BCUT2D eigenvalue weighted by molar-refractivity contribution is 7.19. The molecule has 0 aliphatic rings. The SMILES string of the molecule is CN(c1ncc(-c2ccc(C(C)(C)C)cc2)s1)c1nc2nncn2c2cc(Cl)ccc12. The topological polar surface area (TPSA) is 59.2 Å². The molecule has 0 aliphatic heterocycles. The third-order valence-corrected chi connectivity index (χ3v) is 6.69. The van der Waals surface area contributed by atoms with Gasteiger partial charge in [0.15, 0.2) is 5.13 Å². The van der Waals surface area contributed by atoms with Gasteiger partial charge < -0.3 is 4.90 Å². The van der Waals surface area contributed by atoms with Crippen LogP contribution in [0.1, 0.15) is 26.3 Å². The van der Waals surface area contributed by atoms with Crippen LogP contribution in [0, 0.1) is 0 Å². The van der Waals surface area contributed by atoms with Gasteiger partial charge in [-0.15, -0.1) is 10.2 Å². The molecule has 3 aromatic heterocycles. The van der Waals surface area contributed by atoms with Gasteiger partial charge in [-0.25, -0.2) is 4.98 Å². The monoisotopic (exact) mass is 448 g/mol. The number of anilines is 2. The van der Waals surface area contributed by atoms with Crippen molar-refractivity contribution < 1.29 is 0 Å². The summed E-state index contributed by atoms with van der Waals surface area (Å²) in [6.45, 7) is 6.66. The molecule has 0 radical (unpaired) electrons. The molecule has 5 rings (SSSR count). The summed E-state index contributed by atoms with van der Waals surface area (Å²) >= 11 is 7.87.